The minimum atomic E-state index is -0.455. The molecule has 18 heavy (non-hydrogen) atoms. The second-order valence-electron chi connectivity index (χ2n) is 4.08. The molecule has 0 spiro atoms. The van der Waals surface area contributed by atoms with E-state index in [1.165, 1.54) is 12.3 Å². The van der Waals surface area contributed by atoms with E-state index in [-0.39, 0.29) is 5.69 Å². The predicted octanol–water partition coefficient (Wildman–Crippen LogP) is 2.40. The van der Waals surface area contributed by atoms with Crippen LogP contribution in [-0.4, -0.2) is 21.5 Å². The summed E-state index contributed by atoms with van der Waals surface area (Å²) in [5, 5.41) is 10.6. The maximum Gasteiger partial charge on any atom is 0.287 e. The van der Waals surface area contributed by atoms with E-state index in [4.69, 9.17) is 0 Å². The molecule has 0 saturated carbocycles. The van der Waals surface area contributed by atoms with Crippen molar-refractivity contribution in [1.29, 1.82) is 0 Å². The van der Waals surface area contributed by atoms with Gasteiger partial charge < -0.3 is 9.47 Å². The first-order valence-electron chi connectivity index (χ1n) is 5.47. The van der Waals surface area contributed by atoms with Crippen molar-refractivity contribution in [1.82, 2.24) is 9.55 Å². The summed E-state index contributed by atoms with van der Waals surface area (Å²) in [5.41, 5.74) is 1.13. The highest BCUT2D eigenvalue weighted by atomic mass is 16.6. The lowest BCUT2D eigenvalue weighted by Gasteiger charge is -2.19. The van der Waals surface area contributed by atoms with Crippen LogP contribution in [0.5, 0.6) is 0 Å². The predicted molar refractivity (Wildman–Crippen MR) is 69.1 cm³/mol. The molecular formula is C12H14N4O2. The third kappa shape index (κ3) is 2.04. The van der Waals surface area contributed by atoms with Crippen LogP contribution >= 0.6 is 0 Å². The summed E-state index contributed by atoms with van der Waals surface area (Å²) < 4.78 is 2.03. The van der Waals surface area contributed by atoms with Crippen LogP contribution in [0.1, 0.15) is 5.69 Å². The molecule has 0 saturated heterocycles. The number of pyridine rings is 1. The van der Waals surface area contributed by atoms with Crippen LogP contribution in [0.3, 0.4) is 0 Å². The zero-order valence-corrected chi connectivity index (χ0v) is 10.5. The van der Waals surface area contributed by atoms with Gasteiger partial charge in [-0.25, -0.2) is 4.98 Å². The van der Waals surface area contributed by atoms with E-state index in [2.05, 4.69) is 4.98 Å². The molecule has 94 valence electrons. The molecule has 0 amide bonds. The second-order valence-corrected chi connectivity index (χ2v) is 4.08. The molecule has 0 atom stereocenters. The van der Waals surface area contributed by atoms with Gasteiger partial charge in [-0.15, -0.1) is 0 Å². The number of nitrogens with zero attached hydrogens (tertiary/aromatic N) is 4. The minimum absolute atomic E-state index is 0.00443. The lowest BCUT2D eigenvalue weighted by atomic mass is 10.4. The summed E-state index contributed by atoms with van der Waals surface area (Å²) in [6, 6.07) is 7.09. The van der Waals surface area contributed by atoms with E-state index in [0.29, 0.717) is 5.82 Å². The molecule has 0 fully saturated rings. The van der Waals surface area contributed by atoms with Crippen molar-refractivity contribution in [2.24, 2.45) is 7.05 Å². The van der Waals surface area contributed by atoms with Gasteiger partial charge in [0.1, 0.15) is 17.8 Å². The van der Waals surface area contributed by atoms with Crippen molar-refractivity contribution in [2.45, 2.75) is 6.92 Å². The molecule has 0 bridgehead atoms. The summed E-state index contributed by atoms with van der Waals surface area (Å²) in [5.74, 6) is 1.65. The molecule has 2 rings (SSSR count). The van der Waals surface area contributed by atoms with Gasteiger partial charge in [0, 0.05) is 25.9 Å². The molecule has 0 radical (unpaired) electrons. The van der Waals surface area contributed by atoms with Crippen molar-refractivity contribution < 1.29 is 4.92 Å². The Morgan fingerprint density at radius 2 is 2.06 bits per heavy atom. The van der Waals surface area contributed by atoms with Crippen LogP contribution in [0.25, 0.3) is 0 Å². The molecular weight excluding hydrogens is 232 g/mol. The average Bonchev–Trinajstić information content (AvgIpc) is 2.69. The van der Waals surface area contributed by atoms with Crippen molar-refractivity contribution in [3.63, 3.8) is 0 Å². The number of aryl methyl sites for hydroxylation is 1. The van der Waals surface area contributed by atoms with Gasteiger partial charge in [0.2, 0.25) is 0 Å². The summed E-state index contributed by atoms with van der Waals surface area (Å²) in [6.07, 6.45) is 1.27. The molecule has 0 aliphatic carbocycles. The fourth-order valence-electron chi connectivity index (χ4n) is 1.74. The van der Waals surface area contributed by atoms with Crippen LogP contribution in [0.15, 0.2) is 30.5 Å². The molecule has 0 aliphatic heterocycles. The van der Waals surface area contributed by atoms with Crippen LogP contribution < -0.4 is 4.90 Å². The van der Waals surface area contributed by atoms with E-state index >= 15 is 0 Å². The molecule has 0 unspecified atom stereocenters. The average molecular weight is 246 g/mol. The quantitative estimate of drug-likeness (QED) is 0.616. The Morgan fingerprint density at radius 1 is 1.33 bits per heavy atom. The van der Waals surface area contributed by atoms with E-state index in [1.54, 1.807) is 6.07 Å². The Morgan fingerprint density at radius 3 is 2.50 bits per heavy atom. The van der Waals surface area contributed by atoms with Crippen LogP contribution in [0, 0.1) is 17.0 Å². The zero-order chi connectivity index (χ0) is 13.3. The Labute approximate surface area is 105 Å². The van der Waals surface area contributed by atoms with E-state index < -0.39 is 4.92 Å². The van der Waals surface area contributed by atoms with Gasteiger partial charge in [0.05, 0.1) is 4.92 Å². The number of aromatic nitrogens is 2. The molecule has 6 heteroatoms. The molecule has 2 aromatic heterocycles. The minimum Gasteiger partial charge on any atom is -0.335 e. The maximum atomic E-state index is 10.6. The molecule has 0 aromatic carbocycles. The molecule has 0 N–H and O–H groups in total. The summed E-state index contributed by atoms with van der Waals surface area (Å²) in [6.45, 7) is 2.01. The van der Waals surface area contributed by atoms with Gasteiger partial charge in [0.15, 0.2) is 0 Å². The van der Waals surface area contributed by atoms with E-state index in [1.807, 2.05) is 42.6 Å². The third-order valence-electron chi connectivity index (χ3n) is 2.98. The molecule has 0 aliphatic rings. The highest BCUT2D eigenvalue weighted by molar-refractivity contribution is 5.57. The van der Waals surface area contributed by atoms with Gasteiger partial charge in [-0.1, -0.05) is 0 Å². The second kappa shape index (κ2) is 4.48. The Balaban J connectivity index is 2.31. The van der Waals surface area contributed by atoms with Crippen LogP contribution in [0.4, 0.5) is 17.3 Å². The van der Waals surface area contributed by atoms with Gasteiger partial charge >= 0.3 is 0 Å². The maximum absolute atomic E-state index is 10.6. The molecule has 6 nitrogen and oxygen atoms in total. The van der Waals surface area contributed by atoms with E-state index in [0.717, 1.165) is 11.5 Å². The van der Waals surface area contributed by atoms with Gasteiger partial charge in [-0.2, -0.15) is 0 Å². The first-order chi connectivity index (χ1) is 8.50. The monoisotopic (exact) mass is 246 g/mol. The number of anilines is 2. The van der Waals surface area contributed by atoms with Crippen molar-refractivity contribution in [3.8, 4) is 0 Å². The van der Waals surface area contributed by atoms with E-state index in [9.17, 15) is 10.1 Å². The fraction of sp³-hybridized carbons (Fsp3) is 0.250. The van der Waals surface area contributed by atoms with Crippen molar-refractivity contribution in [2.75, 3.05) is 11.9 Å². The first kappa shape index (κ1) is 12.1. The summed E-state index contributed by atoms with van der Waals surface area (Å²) >= 11 is 0. The number of hydrogen-bond donors (Lipinski definition) is 0. The fourth-order valence-corrected chi connectivity index (χ4v) is 1.74. The lowest BCUT2D eigenvalue weighted by molar-refractivity contribution is -0.385. The standard InChI is InChI=1S/C12H14N4O2/c1-9-4-7-12(14(9)2)15(3)11-6-5-10(8-13-11)16(17)18/h4-8H,1-3H3. The SMILES string of the molecule is Cc1ccc(N(C)c2ccc([N+](=O)[O-])cn2)n1C. The highest BCUT2D eigenvalue weighted by Crippen LogP contribution is 2.24. The van der Waals surface area contributed by atoms with Gasteiger partial charge in [-0.05, 0) is 25.1 Å². The zero-order valence-electron chi connectivity index (χ0n) is 10.5. The Kier molecular flexibility index (Phi) is 3.01. The summed E-state index contributed by atoms with van der Waals surface area (Å²) in [4.78, 5) is 16.1. The first-order valence-corrected chi connectivity index (χ1v) is 5.47. The Hall–Kier alpha value is -2.37. The lowest BCUT2D eigenvalue weighted by Crippen LogP contribution is -2.14. The topological polar surface area (TPSA) is 64.2 Å². The number of hydrogen-bond acceptors (Lipinski definition) is 4. The van der Waals surface area contributed by atoms with Gasteiger partial charge in [0.25, 0.3) is 5.69 Å². The number of nitro groups is 1. The molecule has 2 heterocycles. The highest BCUT2D eigenvalue weighted by Gasteiger charge is 2.12. The summed E-state index contributed by atoms with van der Waals surface area (Å²) in [7, 11) is 3.84. The largest absolute Gasteiger partial charge is 0.335 e. The third-order valence-corrected chi connectivity index (χ3v) is 2.98. The van der Waals surface area contributed by atoms with Crippen LogP contribution in [0.2, 0.25) is 0 Å². The Bertz CT molecular complexity index is 574. The smallest absolute Gasteiger partial charge is 0.287 e. The number of rotatable bonds is 3. The molecule has 2 aromatic rings. The normalized spacial score (nSPS) is 10.4. The van der Waals surface area contributed by atoms with Crippen molar-refractivity contribution in [3.05, 3.63) is 46.3 Å². The van der Waals surface area contributed by atoms with Crippen LogP contribution in [-0.2, 0) is 7.05 Å². The van der Waals surface area contributed by atoms with Crippen molar-refractivity contribution >= 4 is 17.3 Å². The van der Waals surface area contributed by atoms with Gasteiger partial charge in [-0.3, -0.25) is 10.1 Å².